The Bertz CT molecular complexity index is 158. The Morgan fingerprint density at radius 3 is 2.85 bits per heavy atom. The molecule has 0 bridgehead atoms. The minimum Gasteiger partial charge on any atom is -0.381 e. The molecule has 0 aromatic rings. The average Bonchev–Trinajstić information content (AvgIpc) is 2.75. The largest absolute Gasteiger partial charge is 0.381 e. The van der Waals surface area contributed by atoms with Crippen LogP contribution in [0.15, 0.2) is 0 Å². The molecule has 1 heterocycles. The fourth-order valence-electron chi connectivity index (χ4n) is 3.02. The van der Waals surface area contributed by atoms with Crippen LogP contribution < -0.4 is 5.32 Å². The van der Waals surface area contributed by atoms with Crippen LogP contribution in [0, 0.1) is 11.3 Å². The van der Waals surface area contributed by atoms with Crippen LogP contribution in [0.5, 0.6) is 0 Å². The molecule has 0 amide bonds. The van der Waals surface area contributed by atoms with Gasteiger partial charge in [-0.05, 0) is 25.2 Å². The first-order valence-corrected chi connectivity index (χ1v) is 5.66. The average molecular weight is 183 g/mol. The van der Waals surface area contributed by atoms with Crippen molar-refractivity contribution in [2.75, 3.05) is 26.3 Å². The zero-order valence-corrected chi connectivity index (χ0v) is 8.64. The summed E-state index contributed by atoms with van der Waals surface area (Å²) in [7, 11) is 0. The molecule has 2 heteroatoms. The molecular formula is C11H21NO. The molecule has 1 spiro atoms. The molecule has 13 heavy (non-hydrogen) atoms. The molecule has 0 aromatic heterocycles. The predicted molar refractivity (Wildman–Crippen MR) is 53.8 cm³/mol. The number of ether oxygens (including phenoxy) is 1. The Morgan fingerprint density at radius 1 is 1.38 bits per heavy atom. The fraction of sp³-hybridized carbons (Fsp3) is 1.00. The van der Waals surface area contributed by atoms with Gasteiger partial charge in [-0.15, -0.1) is 0 Å². The van der Waals surface area contributed by atoms with Crippen molar-refractivity contribution in [3.05, 3.63) is 0 Å². The molecule has 0 radical (unpaired) electrons. The topological polar surface area (TPSA) is 21.3 Å². The van der Waals surface area contributed by atoms with E-state index in [1.807, 2.05) is 0 Å². The van der Waals surface area contributed by atoms with Crippen LogP contribution in [0.4, 0.5) is 0 Å². The van der Waals surface area contributed by atoms with Crippen LogP contribution >= 0.6 is 0 Å². The zero-order chi connectivity index (χ0) is 9.15. The van der Waals surface area contributed by atoms with E-state index in [0.717, 1.165) is 19.1 Å². The van der Waals surface area contributed by atoms with E-state index >= 15 is 0 Å². The highest BCUT2D eigenvalue weighted by Gasteiger charge is 2.44. The van der Waals surface area contributed by atoms with Crippen molar-refractivity contribution in [3.8, 4) is 0 Å². The maximum absolute atomic E-state index is 5.56. The lowest BCUT2D eigenvalue weighted by Gasteiger charge is -2.29. The molecule has 2 rings (SSSR count). The SMILES string of the molecule is CCOC[C@@H]1CNCC12CCCC2. The van der Waals surface area contributed by atoms with Gasteiger partial charge in [-0.25, -0.2) is 0 Å². The normalized spacial score (nSPS) is 31.6. The van der Waals surface area contributed by atoms with E-state index in [1.165, 1.54) is 38.8 Å². The maximum atomic E-state index is 5.56. The lowest BCUT2D eigenvalue weighted by Crippen LogP contribution is -2.29. The molecule has 0 aromatic carbocycles. The highest BCUT2D eigenvalue weighted by atomic mass is 16.5. The van der Waals surface area contributed by atoms with Crippen LogP contribution in [0.2, 0.25) is 0 Å². The smallest absolute Gasteiger partial charge is 0.0512 e. The van der Waals surface area contributed by atoms with Crippen molar-refractivity contribution >= 4 is 0 Å². The zero-order valence-electron chi connectivity index (χ0n) is 8.64. The highest BCUT2D eigenvalue weighted by molar-refractivity contribution is 4.97. The van der Waals surface area contributed by atoms with Gasteiger partial charge >= 0.3 is 0 Å². The molecule has 1 aliphatic heterocycles. The summed E-state index contributed by atoms with van der Waals surface area (Å²) in [6.45, 7) is 6.35. The maximum Gasteiger partial charge on any atom is 0.0512 e. The van der Waals surface area contributed by atoms with E-state index in [-0.39, 0.29) is 0 Å². The van der Waals surface area contributed by atoms with Crippen LogP contribution in [0.25, 0.3) is 0 Å². The second-order valence-corrected chi connectivity index (χ2v) is 4.56. The van der Waals surface area contributed by atoms with Crippen molar-refractivity contribution in [1.29, 1.82) is 0 Å². The van der Waals surface area contributed by atoms with E-state index in [1.54, 1.807) is 0 Å². The van der Waals surface area contributed by atoms with Crippen molar-refractivity contribution in [2.45, 2.75) is 32.6 Å². The van der Waals surface area contributed by atoms with Crippen LogP contribution in [0.1, 0.15) is 32.6 Å². The first-order chi connectivity index (χ1) is 6.37. The van der Waals surface area contributed by atoms with Crippen LogP contribution in [0.3, 0.4) is 0 Å². The van der Waals surface area contributed by atoms with E-state index in [0.29, 0.717) is 5.41 Å². The first-order valence-electron chi connectivity index (χ1n) is 5.66. The summed E-state index contributed by atoms with van der Waals surface area (Å²) in [5.41, 5.74) is 0.620. The molecule has 0 unspecified atom stereocenters. The third-order valence-electron chi connectivity index (χ3n) is 3.86. The summed E-state index contributed by atoms with van der Waals surface area (Å²) < 4.78 is 5.56. The molecular weight excluding hydrogens is 162 g/mol. The summed E-state index contributed by atoms with van der Waals surface area (Å²) in [5, 5.41) is 3.53. The van der Waals surface area contributed by atoms with Gasteiger partial charge in [0, 0.05) is 25.6 Å². The van der Waals surface area contributed by atoms with Gasteiger partial charge in [-0.2, -0.15) is 0 Å². The molecule has 2 aliphatic rings. The van der Waals surface area contributed by atoms with Gasteiger partial charge in [0.25, 0.3) is 0 Å². The van der Waals surface area contributed by atoms with Gasteiger partial charge in [0.05, 0.1) is 6.61 Å². The minimum atomic E-state index is 0.620. The summed E-state index contributed by atoms with van der Waals surface area (Å²) in [5.74, 6) is 0.787. The first kappa shape index (κ1) is 9.47. The number of hydrogen-bond donors (Lipinski definition) is 1. The third-order valence-corrected chi connectivity index (χ3v) is 3.86. The molecule has 1 aliphatic carbocycles. The Kier molecular flexibility index (Phi) is 2.89. The van der Waals surface area contributed by atoms with Gasteiger partial charge < -0.3 is 10.1 Å². The van der Waals surface area contributed by atoms with Crippen molar-refractivity contribution in [3.63, 3.8) is 0 Å². The number of rotatable bonds is 3. The molecule has 2 nitrogen and oxygen atoms in total. The standard InChI is InChI=1S/C11H21NO/c1-2-13-8-10-7-12-9-11(10)5-3-4-6-11/h10,12H,2-9H2,1H3/t10-/m0/s1. The van der Waals surface area contributed by atoms with Crippen LogP contribution in [-0.2, 0) is 4.74 Å². The van der Waals surface area contributed by atoms with Crippen LogP contribution in [-0.4, -0.2) is 26.3 Å². The van der Waals surface area contributed by atoms with Gasteiger partial charge in [0.15, 0.2) is 0 Å². The Morgan fingerprint density at radius 2 is 2.15 bits per heavy atom. The monoisotopic (exact) mass is 183 g/mol. The van der Waals surface area contributed by atoms with Crippen molar-refractivity contribution in [2.24, 2.45) is 11.3 Å². The molecule has 1 N–H and O–H groups in total. The fourth-order valence-corrected chi connectivity index (χ4v) is 3.02. The lowest BCUT2D eigenvalue weighted by molar-refractivity contribution is 0.0689. The lowest BCUT2D eigenvalue weighted by atomic mass is 9.77. The van der Waals surface area contributed by atoms with Crippen molar-refractivity contribution in [1.82, 2.24) is 5.32 Å². The van der Waals surface area contributed by atoms with Gasteiger partial charge in [0.2, 0.25) is 0 Å². The quantitative estimate of drug-likeness (QED) is 0.720. The van der Waals surface area contributed by atoms with Crippen molar-refractivity contribution < 1.29 is 4.74 Å². The Labute approximate surface area is 81.0 Å². The third kappa shape index (κ3) is 1.75. The van der Waals surface area contributed by atoms with E-state index in [4.69, 9.17) is 4.74 Å². The Balaban J connectivity index is 1.93. The molecule has 1 saturated carbocycles. The summed E-state index contributed by atoms with van der Waals surface area (Å²) in [4.78, 5) is 0. The summed E-state index contributed by atoms with van der Waals surface area (Å²) >= 11 is 0. The van der Waals surface area contributed by atoms with E-state index in [9.17, 15) is 0 Å². The summed E-state index contributed by atoms with van der Waals surface area (Å²) in [6.07, 6.45) is 5.73. The predicted octanol–water partition coefficient (Wildman–Crippen LogP) is 1.80. The number of nitrogens with one attached hydrogen (secondary N) is 1. The Hall–Kier alpha value is -0.0800. The van der Waals surface area contributed by atoms with E-state index < -0.39 is 0 Å². The second-order valence-electron chi connectivity index (χ2n) is 4.56. The highest BCUT2D eigenvalue weighted by Crippen LogP contribution is 2.46. The summed E-state index contributed by atoms with van der Waals surface area (Å²) in [6, 6.07) is 0. The second kappa shape index (κ2) is 3.97. The molecule has 1 atom stereocenters. The van der Waals surface area contributed by atoms with Gasteiger partial charge in [0.1, 0.15) is 0 Å². The van der Waals surface area contributed by atoms with E-state index in [2.05, 4.69) is 12.2 Å². The minimum absolute atomic E-state index is 0.620. The molecule has 76 valence electrons. The van der Waals surface area contributed by atoms with Gasteiger partial charge in [-0.1, -0.05) is 12.8 Å². The molecule has 1 saturated heterocycles. The molecule has 2 fully saturated rings. The van der Waals surface area contributed by atoms with Gasteiger partial charge in [-0.3, -0.25) is 0 Å². The number of hydrogen-bond acceptors (Lipinski definition) is 2.